The van der Waals surface area contributed by atoms with Crippen LogP contribution in [-0.4, -0.2) is 64.2 Å². The van der Waals surface area contributed by atoms with Crippen molar-refractivity contribution in [1.29, 1.82) is 0 Å². The van der Waals surface area contributed by atoms with Gasteiger partial charge in [0.2, 0.25) is 0 Å². The number of rotatable bonds is 6. The Morgan fingerprint density at radius 1 is 1.32 bits per heavy atom. The van der Waals surface area contributed by atoms with Crippen LogP contribution in [0.15, 0.2) is 29.4 Å². The molecule has 0 aromatic heterocycles. The van der Waals surface area contributed by atoms with Crippen molar-refractivity contribution in [3.05, 3.63) is 40.3 Å². The van der Waals surface area contributed by atoms with Crippen molar-refractivity contribution >= 4 is 24.1 Å². The van der Waals surface area contributed by atoms with E-state index < -0.39 is 41.9 Å². The maximum absolute atomic E-state index is 11.9. The van der Waals surface area contributed by atoms with Gasteiger partial charge in [-0.2, -0.15) is 8.42 Å². The van der Waals surface area contributed by atoms with E-state index in [1.807, 2.05) is 13.1 Å². The lowest BCUT2D eigenvalue weighted by Gasteiger charge is -2.44. The number of aliphatic hydroxyl groups is 2. The molecule has 1 aromatic rings. The van der Waals surface area contributed by atoms with Crippen LogP contribution in [0.5, 0.6) is 0 Å². The maximum Gasteiger partial charge on any atom is 0.264 e. The molecule has 0 spiro atoms. The van der Waals surface area contributed by atoms with Crippen LogP contribution in [0.2, 0.25) is 18.1 Å². The lowest BCUT2D eigenvalue weighted by molar-refractivity contribution is -0.171. The molecule has 1 fully saturated rings. The van der Waals surface area contributed by atoms with E-state index >= 15 is 0 Å². The Hall–Kier alpha value is -1.66. The number of azide groups is 1. The van der Waals surface area contributed by atoms with E-state index in [1.165, 1.54) is 4.90 Å². The predicted octanol–water partition coefficient (Wildman–Crippen LogP) is 2.44. The van der Waals surface area contributed by atoms with Crippen LogP contribution in [-0.2, 0) is 24.3 Å². The standard InChI is InChI=1S/C19H30N4O6SSi/c1-17(2,3)31(5,6)28-12-18(24)13-9-7-8-10-14(13)23-11-15(29-30(4,26)27)16(21-22-20)19(18,23)25/h7-10,15-16,24-25H,11-12H2,1-6H3/t15-,16+,18+,19+/m1/s1. The highest BCUT2D eigenvalue weighted by atomic mass is 32.2. The number of nitrogens with zero attached hydrogens (tertiary/aromatic N) is 4. The average Bonchev–Trinajstić information content (AvgIpc) is 3.00. The lowest BCUT2D eigenvalue weighted by atomic mass is 9.83. The minimum absolute atomic E-state index is 0.0906. The number of hydrogen-bond donors (Lipinski definition) is 2. The third kappa shape index (κ3) is 3.76. The second kappa shape index (κ2) is 7.44. The summed E-state index contributed by atoms with van der Waals surface area (Å²) in [5, 5.41) is 27.4. The number of hydrogen-bond acceptors (Lipinski definition) is 8. The van der Waals surface area contributed by atoms with Crippen LogP contribution in [0.4, 0.5) is 5.69 Å². The fourth-order valence-electron chi connectivity index (χ4n) is 4.05. The summed E-state index contributed by atoms with van der Waals surface area (Å²) >= 11 is 0. The smallest absolute Gasteiger partial charge is 0.264 e. The number of anilines is 1. The summed E-state index contributed by atoms with van der Waals surface area (Å²) in [4.78, 5) is 4.25. The van der Waals surface area contributed by atoms with Crippen LogP contribution < -0.4 is 4.90 Å². The Labute approximate surface area is 183 Å². The number of para-hydroxylation sites is 1. The predicted molar refractivity (Wildman–Crippen MR) is 118 cm³/mol. The Morgan fingerprint density at radius 2 is 1.94 bits per heavy atom. The zero-order valence-electron chi connectivity index (χ0n) is 18.6. The van der Waals surface area contributed by atoms with Crippen molar-refractivity contribution in [3.8, 4) is 0 Å². The molecule has 1 aromatic carbocycles. The van der Waals surface area contributed by atoms with Crippen molar-refractivity contribution in [2.75, 3.05) is 24.3 Å². The normalized spacial score (nSPS) is 30.6. The average molecular weight is 471 g/mol. The summed E-state index contributed by atoms with van der Waals surface area (Å²) in [5.74, 6) is 0. The molecule has 10 nitrogen and oxygen atoms in total. The molecule has 0 amide bonds. The largest absolute Gasteiger partial charge is 0.413 e. The van der Waals surface area contributed by atoms with Gasteiger partial charge in [-0.25, -0.2) is 0 Å². The zero-order chi connectivity index (χ0) is 23.5. The molecular formula is C19H30N4O6SSi. The van der Waals surface area contributed by atoms with E-state index in [1.54, 1.807) is 24.3 Å². The minimum Gasteiger partial charge on any atom is -0.413 e. The Kier molecular flexibility index (Phi) is 5.76. The highest BCUT2D eigenvalue weighted by molar-refractivity contribution is 7.86. The van der Waals surface area contributed by atoms with Crippen molar-refractivity contribution in [3.63, 3.8) is 0 Å². The molecule has 0 saturated carbocycles. The van der Waals surface area contributed by atoms with E-state index in [9.17, 15) is 18.6 Å². The first kappa shape index (κ1) is 24.0. The molecule has 4 atom stereocenters. The molecular weight excluding hydrogens is 440 g/mol. The van der Waals surface area contributed by atoms with Crippen LogP contribution in [0.3, 0.4) is 0 Å². The van der Waals surface area contributed by atoms with Gasteiger partial charge in [-0.1, -0.05) is 44.1 Å². The second-order valence-electron chi connectivity index (χ2n) is 9.75. The molecule has 2 N–H and O–H groups in total. The molecule has 2 heterocycles. The first-order valence-corrected chi connectivity index (χ1v) is 14.7. The molecule has 2 aliphatic heterocycles. The van der Waals surface area contributed by atoms with E-state index in [4.69, 9.17) is 14.1 Å². The van der Waals surface area contributed by atoms with Gasteiger partial charge in [0.1, 0.15) is 12.1 Å². The molecule has 0 radical (unpaired) electrons. The first-order chi connectivity index (χ1) is 14.1. The van der Waals surface area contributed by atoms with Gasteiger partial charge in [-0.3, -0.25) is 4.18 Å². The molecule has 1 saturated heterocycles. The van der Waals surface area contributed by atoms with Gasteiger partial charge in [-0.05, 0) is 29.7 Å². The second-order valence-corrected chi connectivity index (χ2v) is 16.2. The van der Waals surface area contributed by atoms with Gasteiger partial charge < -0.3 is 19.5 Å². The highest BCUT2D eigenvalue weighted by Crippen LogP contribution is 2.56. The molecule has 2 aliphatic rings. The van der Waals surface area contributed by atoms with E-state index in [0.717, 1.165) is 6.26 Å². The van der Waals surface area contributed by atoms with Gasteiger partial charge in [0.05, 0.1) is 12.9 Å². The molecule has 172 valence electrons. The highest BCUT2D eigenvalue weighted by Gasteiger charge is 2.70. The fraction of sp³-hybridized carbons (Fsp3) is 0.684. The van der Waals surface area contributed by atoms with Crippen LogP contribution in [0, 0.1) is 0 Å². The number of benzene rings is 1. The minimum atomic E-state index is -3.91. The van der Waals surface area contributed by atoms with Crippen LogP contribution >= 0.6 is 0 Å². The number of fused-ring (bicyclic) bond motifs is 3. The Balaban J connectivity index is 2.12. The summed E-state index contributed by atoms with van der Waals surface area (Å²) < 4.78 is 35.0. The van der Waals surface area contributed by atoms with Gasteiger partial charge in [-0.15, -0.1) is 0 Å². The third-order valence-corrected chi connectivity index (χ3v) is 11.8. The van der Waals surface area contributed by atoms with Crippen LogP contribution in [0.1, 0.15) is 26.3 Å². The molecule has 3 rings (SSSR count). The van der Waals surface area contributed by atoms with E-state index in [-0.39, 0.29) is 18.2 Å². The summed E-state index contributed by atoms with van der Waals surface area (Å²) in [6, 6.07) is 5.47. The third-order valence-electron chi connectivity index (χ3n) is 6.71. The summed E-state index contributed by atoms with van der Waals surface area (Å²) in [5.41, 5.74) is 5.94. The maximum atomic E-state index is 11.9. The molecule has 0 unspecified atom stereocenters. The summed E-state index contributed by atoms with van der Waals surface area (Å²) in [7, 11) is -6.25. The summed E-state index contributed by atoms with van der Waals surface area (Å²) in [6.45, 7) is 9.87. The van der Waals surface area contributed by atoms with Crippen molar-refractivity contribution in [2.45, 2.75) is 62.4 Å². The van der Waals surface area contributed by atoms with Gasteiger partial charge in [0.25, 0.3) is 10.1 Å². The zero-order valence-corrected chi connectivity index (χ0v) is 20.4. The monoisotopic (exact) mass is 470 g/mol. The van der Waals surface area contributed by atoms with E-state index in [0.29, 0.717) is 11.3 Å². The van der Waals surface area contributed by atoms with E-state index in [2.05, 4.69) is 30.8 Å². The molecule has 12 heteroatoms. The quantitative estimate of drug-likeness (QED) is 0.213. The fourth-order valence-corrected chi connectivity index (χ4v) is 5.67. The lowest BCUT2D eigenvalue weighted by Crippen LogP contribution is -2.64. The van der Waals surface area contributed by atoms with Gasteiger partial charge in [0, 0.05) is 22.7 Å². The Morgan fingerprint density at radius 3 is 2.48 bits per heavy atom. The topological polar surface area (TPSA) is 145 Å². The van der Waals surface area contributed by atoms with Crippen molar-refractivity contribution in [2.24, 2.45) is 5.11 Å². The molecule has 0 bridgehead atoms. The first-order valence-electron chi connectivity index (χ1n) is 9.97. The van der Waals surface area contributed by atoms with Crippen molar-refractivity contribution in [1.82, 2.24) is 0 Å². The molecule has 0 aliphatic carbocycles. The van der Waals surface area contributed by atoms with Crippen LogP contribution in [0.25, 0.3) is 10.4 Å². The van der Waals surface area contributed by atoms with Crippen molar-refractivity contribution < 1.29 is 27.2 Å². The SMILES string of the molecule is CC(C)(C)[Si](C)(C)OC[C@]1(O)c2ccccc2N2C[C@@H](OS(C)(=O)=O)[C@H](N=[N+]=[N-])[C@@]21O. The Bertz CT molecular complexity index is 1020. The van der Waals surface area contributed by atoms with Gasteiger partial charge >= 0.3 is 0 Å². The molecule has 31 heavy (non-hydrogen) atoms. The van der Waals surface area contributed by atoms with Gasteiger partial charge in [0.15, 0.2) is 19.6 Å². The summed E-state index contributed by atoms with van der Waals surface area (Å²) in [6.07, 6.45) is -0.294.